The van der Waals surface area contributed by atoms with Crippen LogP contribution in [0.3, 0.4) is 0 Å². The summed E-state index contributed by atoms with van der Waals surface area (Å²) >= 11 is 0. The van der Waals surface area contributed by atoms with Gasteiger partial charge in [-0.05, 0) is 38.1 Å². The number of nitriles is 1. The van der Waals surface area contributed by atoms with Crippen molar-refractivity contribution in [1.29, 1.82) is 5.26 Å². The van der Waals surface area contributed by atoms with Gasteiger partial charge < -0.3 is 4.90 Å². The Kier molecular flexibility index (Phi) is 4.09. The molecule has 2 aromatic heterocycles. The molecule has 0 amide bonds. The molecular formula is C15H16N4. The second kappa shape index (κ2) is 5.96. The molecule has 0 N–H and O–H groups in total. The number of aromatic nitrogens is 2. The van der Waals surface area contributed by atoms with E-state index in [1.165, 1.54) is 0 Å². The van der Waals surface area contributed by atoms with Gasteiger partial charge in [0.05, 0.1) is 24.1 Å². The van der Waals surface area contributed by atoms with Crippen molar-refractivity contribution in [3.05, 3.63) is 53.6 Å². The van der Waals surface area contributed by atoms with Crippen molar-refractivity contribution in [2.45, 2.75) is 20.4 Å². The first kappa shape index (κ1) is 13.0. The lowest BCUT2D eigenvalue weighted by molar-refractivity contribution is 0.803. The minimum atomic E-state index is 0.438. The third kappa shape index (κ3) is 3.29. The van der Waals surface area contributed by atoms with Crippen LogP contribution in [0.1, 0.15) is 24.0 Å². The van der Waals surface area contributed by atoms with Crippen LogP contribution in [0.5, 0.6) is 0 Å². The Balaban J connectivity index is 2.18. The summed E-state index contributed by atoms with van der Waals surface area (Å²) in [6.07, 6.45) is 1.73. The molecule has 0 aliphatic carbocycles. The summed E-state index contributed by atoms with van der Waals surface area (Å²) in [5.41, 5.74) is 3.50. The monoisotopic (exact) mass is 252 g/mol. The predicted molar refractivity (Wildman–Crippen MR) is 74.7 cm³/mol. The molecule has 2 rings (SSSR count). The van der Waals surface area contributed by atoms with Crippen molar-refractivity contribution in [3.63, 3.8) is 0 Å². The fourth-order valence-electron chi connectivity index (χ4n) is 1.91. The Labute approximate surface area is 113 Å². The molecule has 0 saturated heterocycles. The van der Waals surface area contributed by atoms with Crippen LogP contribution in [-0.4, -0.2) is 16.5 Å². The summed E-state index contributed by atoms with van der Waals surface area (Å²) in [6.45, 7) is 5.69. The molecular weight excluding hydrogens is 236 g/mol. The summed E-state index contributed by atoms with van der Waals surface area (Å²) < 4.78 is 0. The third-order valence-electron chi connectivity index (χ3n) is 2.91. The number of hydrogen-bond donors (Lipinski definition) is 0. The van der Waals surface area contributed by atoms with Crippen LogP contribution in [0, 0.1) is 18.3 Å². The molecule has 0 aromatic carbocycles. The molecule has 0 atom stereocenters. The van der Waals surface area contributed by atoms with Gasteiger partial charge in [0, 0.05) is 12.2 Å². The van der Waals surface area contributed by atoms with Crippen LogP contribution >= 0.6 is 0 Å². The van der Waals surface area contributed by atoms with Crippen LogP contribution < -0.4 is 4.90 Å². The van der Waals surface area contributed by atoms with E-state index in [2.05, 4.69) is 21.8 Å². The maximum atomic E-state index is 8.75. The second-order valence-corrected chi connectivity index (χ2v) is 4.30. The van der Waals surface area contributed by atoms with Gasteiger partial charge in [0.2, 0.25) is 0 Å². The minimum Gasteiger partial charge on any atom is -0.365 e. The average Bonchev–Trinajstić information content (AvgIpc) is 2.45. The highest BCUT2D eigenvalue weighted by atomic mass is 15.1. The first-order valence-electron chi connectivity index (χ1n) is 6.26. The third-order valence-corrected chi connectivity index (χ3v) is 2.91. The predicted octanol–water partition coefficient (Wildman–Crippen LogP) is 2.68. The van der Waals surface area contributed by atoms with E-state index in [-0.39, 0.29) is 0 Å². The maximum Gasteiger partial charge on any atom is 0.140 e. The van der Waals surface area contributed by atoms with Crippen LogP contribution in [-0.2, 0) is 6.54 Å². The summed E-state index contributed by atoms with van der Waals surface area (Å²) in [6, 6.07) is 11.7. The van der Waals surface area contributed by atoms with Gasteiger partial charge >= 0.3 is 0 Å². The summed E-state index contributed by atoms with van der Waals surface area (Å²) in [7, 11) is 0. The van der Waals surface area contributed by atoms with Gasteiger partial charge in [0.1, 0.15) is 11.8 Å². The molecule has 0 aliphatic rings. The largest absolute Gasteiger partial charge is 0.365 e. The van der Waals surface area contributed by atoms with Crippen molar-refractivity contribution in [3.8, 4) is 6.07 Å². The van der Waals surface area contributed by atoms with Crippen LogP contribution in [0.15, 0.2) is 36.5 Å². The lowest BCUT2D eigenvalue weighted by Gasteiger charge is -2.22. The Hall–Kier alpha value is -2.41. The molecule has 19 heavy (non-hydrogen) atoms. The number of hydrogen-bond acceptors (Lipinski definition) is 4. The number of anilines is 1. The second-order valence-electron chi connectivity index (χ2n) is 4.30. The zero-order valence-corrected chi connectivity index (χ0v) is 11.2. The summed E-state index contributed by atoms with van der Waals surface area (Å²) in [5, 5.41) is 8.75. The van der Waals surface area contributed by atoms with Gasteiger partial charge in [-0.25, -0.2) is 4.98 Å². The first-order chi connectivity index (χ1) is 9.22. The van der Waals surface area contributed by atoms with Crippen molar-refractivity contribution in [1.82, 2.24) is 9.97 Å². The molecule has 4 nitrogen and oxygen atoms in total. The molecule has 0 radical (unpaired) electrons. The van der Waals surface area contributed by atoms with Crippen molar-refractivity contribution in [2.75, 3.05) is 11.4 Å². The van der Waals surface area contributed by atoms with E-state index in [9.17, 15) is 0 Å². The van der Waals surface area contributed by atoms with Crippen molar-refractivity contribution >= 4 is 5.69 Å². The van der Waals surface area contributed by atoms with Crippen LogP contribution in [0.4, 0.5) is 5.69 Å². The topological polar surface area (TPSA) is 52.8 Å². The smallest absolute Gasteiger partial charge is 0.140 e. The Morgan fingerprint density at radius 3 is 2.68 bits per heavy atom. The van der Waals surface area contributed by atoms with Crippen LogP contribution in [0.2, 0.25) is 0 Å². The molecule has 0 fully saturated rings. The van der Waals surface area contributed by atoms with E-state index >= 15 is 0 Å². The normalized spacial score (nSPS) is 9.95. The lowest BCUT2D eigenvalue weighted by atomic mass is 10.2. The Bertz CT molecular complexity index is 584. The fraction of sp³-hybridized carbons (Fsp3) is 0.267. The highest BCUT2D eigenvalue weighted by Gasteiger charge is 2.07. The van der Waals surface area contributed by atoms with E-state index in [4.69, 9.17) is 5.26 Å². The first-order valence-corrected chi connectivity index (χ1v) is 6.26. The molecule has 2 aromatic rings. The Morgan fingerprint density at radius 2 is 2.11 bits per heavy atom. The SMILES string of the molecule is CCN(Cc1cccc(C)n1)c1ccc(C#N)nc1. The zero-order valence-electron chi connectivity index (χ0n) is 11.2. The molecule has 0 aliphatic heterocycles. The van der Waals surface area contributed by atoms with Gasteiger partial charge in [-0.15, -0.1) is 0 Å². The van der Waals surface area contributed by atoms with Crippen molar-refractivity contribution in [2.24, 2.45) is 0 Å². The number of aryl methyl sites for hydroxylation is 1. The molecule has 0 saturated carbocycles. The van der Waals surface area contributed by atoms with Crippen LogP contribution in [0.25, 0.3) is 0 Å². The van der Waals surface area contributed by atoms with Gasteiger partial charge in [-0.3, -0.25) is 4.98 Å². The average molecular weight is 252 g/mol. The molecule has 0 bridgehead atoms. The molecule has 4 heteroatoms. The fourth-order valence-corrected chi connectivity index (χ4v) is 1.91. The highest BCUT2D eigenvalue weighted by molar-refractivity contribution is 5.46. The number of pyridine rings is 2. The highest BCUT2D eigenvalue weighted by Crippen LogP contribution is 2.15. The lowest BCUT2D eigenvalue weighted by Crippen LogP contribution is -2.22. The Morgan fingerprint density at radius 1 is 1.26 bits per heavy atom. The van der Waals surface area contributed by atoms with E-state index in [0.717, 1.165) is 30.2 Å². The molecule has 0 unspecified atom stereocenters. The number of rotatable bonds is 4. The molecule has 96 valence electrons. The molecule has 2 heterocycles. The summed E-state index contributed by atoms with van der Waals surface area (Å²) in [4.78, 5) is 10.8. The van der Waals surface area contributed by atoms with E-state index in [0.29, 0.717) is 5.69 Å². The van der Waals surface area contributed by atoms with Gasteiger partial charge in [-0.1, -0.05) is 6.07 Å². The van der Waals surface area contributed by atoms with E-state index in [1.54, 1.807) is 12.3 Å². The zero-order chi connectivity index (χ0) is 13.7. The van der Waals surface area contributed by atoms with E-state index in [1.807, 2.05) is 37.3 Å². The minimum absolute atomic E-state index is 0.438. The van der Waals surface area contributed by atoms with Gasteiger partial charge in [-0.2, -0.15) is 5.26 Å². The number of nitrogens with zero attached hydrogens (tertiary/aromatic N) is 4. The summed E-state index contributed by atoms with van der Waals surface area (Å²) in [5.74, 6) is 0. The molecule has 0 spiro atoms. The van der Waals surface area contributed by atoms with Crippen molar-refractivity contribution < 1.29 is 0 Å². The van der Waals surface area contributed by atoms with Gasteiger partial charge in [0.25, 0.3) is 0 Å². The quantitative estimate of drug-likeness (QED) is 0.839. The standard InChI is InChI=1S/C15H16N4/c1-3-19(11-14-6-4-5-12(2)18-14)15-8-7-13(9-16)17-10-15/h4-8,10H,3,11H2,1-2H3. The van der Waals surface area contributed by atoms with E-state index < -0.39 is 0 Å². The maximum absolute atomic E-state index is 8.75. The van der Waals surface area contributed by atoms with Gasteiger partial charge in [0.15, 0.2) is 0 Å².